The largest absolute Gasteiger partial charge is 0.478 e. The standard InChI is InChI=1S/C16H19N3O4S/c1-2-18-11-15(10-17-18)24(22,23)19-7-5-12-3-4-14(16(20)21)9-13(12)6-8-19/h3-4,9-11H,2,5-8H2,1H3,(H,20,21). The molecule has 0 amide bonds. The first-order chi connectivity index (χ1) is 11.4. The van der Waals surface area contributed by atoms with Crippen LogP contribution in [0.1, 0.15) is 28.4 Å². The minimum Gasteiger partial charge on any atom is -0.478 e. The highest BCUT2D eigenvalue weighted by Gasteiger charge is 2.28. The van der Waals surface area contributed by atoms with E-state index >= 15 is 0 Å². The summed E-state index contributed by atoms with van der Waals surface area (Å²) in [6.07, 6.45) is 3.98. The molecule has 1 aliphatic heterocycles. The van der Waals surface area contributed by atoms with Gasteiger partial charge in [-0.2, -0.15) is 9.40 Å². The number of carboxylic acids is 1. The Morgan fingerprint density at radius 3 is 2.58 bits per heavy atom. The van der Waals surface area contributed by atoms with E-state index in [0.29, 0.717) is 32.5 Å². The van der Waals surface area contributed by atoms with Gasteiger partial charge in [0.05, 0.1) is 11.8 Å². The van der Waals surface area contributed by atoms with Crippen LogP contribution in [-0.2, 0) is 29.4 Å². The lowest BCUT2D eigenvalue weighted by Crippen LogP contribution is -2.33. The number of benzene rings is 1. The average Bonchev–Trinajstić information content (AvgIpc) is 2.95. The quantitative estimate of drug-likeness (QED) is 0.900. The second-order valence-electron chi connectivity index (χ2n) is 5.72. The molecule has 1 aliphatic rings. The van der Waals surface area contributed by atoms with Gasteiger partial charge >= 0.3 is 5.97 Å². The molecule has 0 spiro atoms. The van der Waals surface area contributed by atoms with Crippen LogP contribution >= 0.6 is 0 Å². The number of aromatic nitrogens is 2. The van der Waals surface area contributed by atoms with E-state index in [-0.39, 0.29) is 10.5 Å². The number of sulfonamides is 1. The van der Waals surface area contributed by atoms with Crippen molar-refractivity contribution < 1.29 is 18.3 Å². The van der Waals surface area contributed by atoms with E-state index in [1.807, 2.05) is 6.92 Å². The van der Waals surface area contributed by atoms with Crippen LogP contribution < -0.4 is 0 Å². The fourth-order valence-corrected chi connectivity index (χ4v) is 4.27. The molecular formula is C16H19N3O4S. The number of rotatable bonds is 4. The molecule has 1 aromatic carbocycles. The molecule has 0 aliphatic carbocycles. The number of hydrogen-bond acceptors (Lipinski definition) is 4. The first kappa shape index (κ1) is 16.7. The molecule has 0 atom stereocenters. The number of aryl methyl sites for hydroxylation is 1. The smallest absolute Gasteiger partial charge is 0.335 e. The number of hydrogen-bond donors (Lipinski definition) is 1. The fraction of sp³-hybridized carbons (Fsp3) is 0.375. The van der Waals surface area contributed by atoms with E-state index in [4.69, 9.17) is 5.11 Å². The van der Waals surface area contributed by atoms with Gasteiger partial charge in [-0.25, -0.2) is 13.2 Å². The van der Waals surface area contributed by atoms with E-state index in [2.05, 4.69) is 5.10 Å². The maximum absolute atomic E-state index is 12.8. The van der Waals surface area contributed by atoms with Gasteiger partial charge in [0.15, 0.2) is 0 Å². The highest BCUT2D eigenvalue weighted by molar-refractivity contribution is 7.89. The molecule has 0 saturated heterocycles. The SMILES string of the molecule is CCn1cc(S(=O)(=O)N2CCc3ccc(C(=O)O)cc3CC2)cn1. The third kappa shape index (κ3) is 3.07. The van der Waals surface area contributed by atoms with Gasteiger partial charge in [-0.1, -0.05) is 6.07 Å². The van der Waals surface area contributed by atoms with Crippen LogP contribution in [0, 0.1) is 0 Å². The average molecular weight is 349 g/mol. The molecule has 3 rings (SSSR count). The van der Waals surface area contributed by atoms with Gasteiger partial charge in [-0.15, -0.1) is 0 Å². The van der Waals surface area contributed by atoms with Crippen molar-refractivity contribution in [2.45, 2.75) is 31.2 Å². The molecular weight excluding hydrogens is 330 g/mol. The molecule has 2 heterocycles. The second kappa shape index (κ2) is 6.37. The number of aromatic carboxylic acids is 1. The molecule has 128 valence electrons. The van der Waals surface area contributed by atoms with Crippen LogP contribution in [0.25, 0.3) is 0 Å². The Morgan fingerprint density at radius 2 is 1.96 bits per heavy atom. The Hall–Kier alpha value is -2.19. The molecule has 8 heteroatoms. The predicted molar refractivity (Wildman–Crippen MR) is 87.5 cm³/mol. The zero-order valence-corrected chi connectivity index (χ0v) is 14.2. The number of fused-ring (bicyclic) bond motifs is 1. The van der Waals surface area contributed by atoms with Crippen molar-refractivity contribution in [2.75, 3.05) is 13.1 Å². The van der Waals surface area contributed by atoms with Crippen LogP contribution in [0.4, 0.5) is 0 Å². The topological polar surface area (TPSA) is 92.5 Å². The van der Waals surface area contributed by atoms with Crippen molar-refractivity contribution in [1.82, 2.24) is 14.1 Å². The first-order valence-corrected chi connectivity index (χ1v) is 9.23. The van der Waals surface area contributed by atoms with Crippen molar-refractivity contribution in [3.63, 3.8) is 0 Å². The molecule has 1 N–H and O–H groups in total. The summed E-state index contributed by atoms with van der Waals surface area (Å²) in [5, 5.41) is 13.1. The Bertz CT molecular complexity index is 873. The summed E-state index contributed by atoms with van der Waals surface area (Å²) < 4.78 is 28.6. The van der Waals surface area contributed by atoms with E-state index in [1.165, 1.54) is 16.7 Å². The molecule has 2 aromatic rings. The highest BCUT2D eigenvalue weighted by Crippen LogP contribution is 2.22. The summed E-state index contributed by atoms with van der Waals surface area (Å²) in [5.74, 6) is -0.974. The van der Waals surface area contributed by atoms with Gasteiger partial charge in [-0.3, -0.25) is 4.68 Å². The molecule has 0 fully saturated rings. The van der Waals surface area contributed by atoms with Crippen molar-refractivity contribution in [3.05, 3.63) is 47.3 Å². The lowest BCUT2D eigenvalue weighted by molar-refractivity contribution is 0.0696. The van der Waals surface area contributed by atoms with E-state index in [1.54, 1.807) is 22.9 Å². The summed E-state index contributed by atoms with van der Waals surface area (Å²) in [5.41, 5.74) is 2.13. The van der Waals surface area contributed by atoms with Gasteiger partial charge in [-0.05, 0) is 43.0 Å². The highest BCUT2D eigenvalue weighted by atomic mass is 32.2. The Labute approximate surface area is 140 Å². The van der Waals surface area contributed by atoms with Crippen LogP contribution in [0.5, 0.6) is 0 Å². The van der Waals surface area contributed by atoms with Crippen molar-refractivity contribution >= 4 is 16.0 Å². The number of nitrogens with zero attached hydrogens (tertiary/aromatic N) is 3. The molecule has 0 bridgehead atoms. The van der Waals surface area contributed by atoms with Crippen LogP contribution in [0.15, 0.2) is 35.5 Å². The minimum atomic E-state index is -3.59. The Morgan fingerprint density at radius 1 is 1.25 bits per heavy atom. The lowest BCUT2D eigenvalue weighted by atomic mass is 10.0. The number of carbonyl (C=O) groups is 1. The molecule has 0 unspecified atom stereocenters. The Balaban J connectivity index is 1.84. The molecule has 0 radical (unpaired) electrons. The molecule has 0 saturated carbocycles. The lowest BCUT2D eigenvalue weighted by Gasteiger charge is -2.18. The predicted octanol–water partition coefficient (Wildman–Crippen LogP) is 1.39. The van der Waals surface area contributed by atoms with Gasteiger partial charge in [0, 0.05) is 25.8 Å². The summed E-state index contributed by atoms with van der Waals surface area (Å²) in [7, 11) is -3.59. The molecule has 1 aromatic heterocycles. The molecule has 7 nitrogen and oxygen atoms in total. The summed E-state index contributed by atoms with van der Waals surface area (Å²) in [6.45, 7) is 3.21. The summed E-state index contributed by atoms with van der Waals surface area (Å²) in [6, 6.07) is 4.99. The van der Waals surface area contributed by atoms with Crippen LogP contribution in [0.2, 0.25) is 0 Å². The third-order valence-electron chi connectivity index (χ3n) is 4.29. The first-order valence-electron chi connectivity index (χ1n) is 7.79. The maximum Gasteiger partial charge on any atom is 0.335 e. The van der Waals surface area contributed by atoms with Crippen molar-refractivity contribution in [3.8, 4) is 0 Å². The van der Waals surface area contributed by atoms with E-state index < -0.39 is 16.0 Å². The van der Waals surface area contributed by atoms with Crippen molar-refractivity contribution in [2.24, 2.45) is 0 Å². The minimum absolute atomic E-state index is 0.196. The second-order valence-corrected chi connectivity index (χ2v) is 7.66. The maximum atomic E-state index is 12.8. The monoisotopic (exact) mass is 349 g/mol. The fourth-order valence-electron chi connectivity index (χ4n) is 2.88. The summed E-state index contributed by atoms with van der Waals surface area (Å²) in [4.78, 5) is 11.3. The van der Waals surface area contributed by atoms with Gasteiger partial charge in [0.1, 0.15) is 4.90 Å². The zero-order valence-electron chi connectivity index (χ0n) is 13.3. The van der Waals surface area contributed by atoms with Gasteiger partial charge < -0.3 is 5.11 Å². The Kier molecular flexibility index (Phi) is 4.42. The van der Waals surface area contributed by atoms with Crippen molar-refractivity contribution in [1.29, 1.82) is 0 Å². The van der Waals surface area contributed by atoms with Gasteiger partial charge in [0.25, 0.3) is 0 Å². The van der Waals surface area contributed by atoms with E-state index in [9.17, 15) is 13.2 Å². The van der Waals surface area contributed by atoms with E-state index in [0.717, 1.165) is 11.1 Å². The van der Waals surface area contributed by atoms with Crippen LogP contribution in [0.3, 0.4) is 0 Å². The van der Waals surface area contributed by atoms with Crippen LogP contribution in [-0.4, -0.2) is 46.7 Å². The third-order valence-corrected chi connectivity index (χ3v) is 6.14. The summed E-state index contributed by atoms with van der Waals surface area (Å²) >= 11 is 0. The normalized spacial score (nSPS) is 15.7. The number of carboxylic acid groups (broad SMARTS) is 1. The van der Waals surface area contributed by atoms with Gasteiger partial charge in [0.2, 0.25) is 10.0 Å². The zero-order chi connectivity index (χ0) is 17.3. The molecule has 24 heavy (non-hydrogen) atoms.